The molecule has 138 valence electrons. The van der Waals surface area contributed by atoms with E-state index >= 15 is 0 Å². The fourth-order valence-electron chi connectivity index (χ4n) is 3.21. The first-order chi connectivity index (χ1) is 12.5. The van der Waals surface area contributed by atoms with E-state index in [1.807, 2.05) is 49.4 Å². The van der Waals surface area contributed by atoms with Crippen LogP contribution in [0.5, 0.6) is 5.75 Å². The monoisotopic (exact) mass is 355 g/mol. The summed E-state index contributed by atoms with van der Waals surface area (Å²) < 4.78 is 10.9. The number of aliphatic hydroxyl groups is 1. The van der Waals surface area contributed by atoms with Gasteiger partial charge in [0.2, 0.25) is 0 Å². The lowest BCUT2D eigenvalue weighted by molar-refractivity contribution is 0.00429. The standard InChI is InChI=1S/C21H25NO4/c1-16-5-3-8-19(11-16)26-15-21(24)9-10-22(14-21)20(23)18-7-4-6-17(12-18)13-25-2/h3-8,11-12,24H,9-10,13-15H2,1-2H3/t21-/m0/s1. The van der Waals surface area contributed by atoms with Gasteiger partial charge in [0.25, 0.3) is 5.91 Å². The van der Waals surface area contributed by atoms with Crippen LogP contribution in [0.25, 0.3) is 0 Å². The van der Waals surface area contributed by atoms with Gasteiger partial charge in [-0.2, -0.15) is 0 Å². The van der Waals surface area contributed by atoms with Gasteiger partial charge in [0.1, 0.15) is 18.0 Å². The molecule has 1 heterocycles. The van der Waals surface area contributed by atoms with Crippen LogP contribution in [-0.4, -0.2) is 48.3 Å². The van der Waals surface area contributed by atoms with Crippen LogP contribution in [0.4, 0.5) is 0 Å². The molecule has 5 heteroatoms. The van der Waals surface area contributed by atoms with E-state index in [1.165, 1.54) is 0 Å². The largest absolute Gasteiger partial charge is 0.491 e. The summed E-state index contributed by atoms with van der Waals surface area (Å²) in [5, 5.41) is 10.8. The Balaban J connectivity index is 1.61. The summed E-state index contributed by atoms with van der Waals surface area (Å²) in [6, 6.07) is 15.1. The summed E-state index contributed by atoms with van der Waals surface area (Å²) in [4.78, 5) is 14.4. The molecule has 1 saturated heterocycles. The molecule has 1 atom stereocenters. The maximum atomic E-state index is 12.7. The van der Waals surface area contributed by atoms with Gasteiger partial charge in [-0.1, -0.05) is 24.3 Å². The minimum Gasteiger partial charge on any atom is -0.491 e. The van der Waals surface area contributed by atoms with Crippen LogP contribution in [0.3, 0.4) is 0 Å². The van der Waals surface area contributed by atoms with Gasteiger partial charge in [-0.3, -0.25) is 4.79 Å². The van der Waals surface area contributed by atoms with Crippen molar-refractivity contribution in [1.82, 2.24) is 4.90 Å². The Morgan fingerprint density at radius 3 is 2.81 bits per heavy atom. The number of amides is 1. The first kappa shape index (κ1) is 18.4. The molecule has 26 heavy (non-hydrogen) atoms. The number of methoxy groups -OCH3 is 1. The molecule has 3 rings (SSSR count). The minimum absolute atomic E-state index is 0.0746. The number of aryl methyl sites for hydroxylation is 1. The second-order valence-corrected chi connectivity index (χ2v) is 6.94. The number of β-amino-alcohol motifs (C(OH)–C–C–N with tert-alkyl or cyclic N) is 1. The summed E-state index contributed by atoms with van der Waals surface area (Å²) in [5.74, 6) is 0.657. The molecule has 0 bridgehead atoms. The number of nitrogens with zero attached hydrogens (tertiary/aromatic N) is 1. The first-order valence-corrected chi connectivity index (χ1v) is 8.78. The number of benzene rings is 2. The topological polar surface area (TPSA) is 59.0 Å². The van der Waals surface area contributed by atoms with Crippen molar-refractivity contribution in [2.75, 3.05) is 26.8 Å². The van der Waals surface area contributed by atoms with Crippen LogP contribution in [0.2, 0.25) is 0 Å². The predicted molar refractivity (Wildman–Crippen MR) is 99.3 cm³/mol. The lowest BCUT2D eigenvalue weighted by Gasteiger charge is -2.24. The second kappa shape index (κ2) is 7.89. The van der Waals surface area contributed by atoms with E-state index in [4.69, 9.17) is 9.47 Å². The van der Waals surface area contributed by atoms with Crippen molar-refractivity contribution in [3.63, 3.8) is 0 Å². The fourth-order valence-corrected chi connectivity index (χ4v) is 3.21. The highest BCUT2D eigenvalue weighted by atomic mass is 16.5. The smallest absolute Gasteiger partial charge is 0.253 e. The van der Waals surface area contributed by atoms with Crippen molar-refractivity contribution >= 4 is 5.91 Å². The number of rotatable bonds is 6. The third-order valence-corrected chi connectivity index (χ3v) is 4.60. The van der Waals surface area contributed by atoms with Crippen LogP contribution in [0, 0.1) is 6.92 Å². The fraction of sp³-hybridized carbons (Fsp3) is 0.381. The Labute approximate surface area is 154 Å². The van der Waals surface area contributed by atoms with Gasteiger partial charge in [-0.15, -0.1) is 0 Å². The summed E-state index contributed by atoms with van der Waals surface area (Å²) in [7, 11) is 1.63. The van der Waals surface area contributed by atoms with Crippen LogP contribution >= 0.6 is 0 Å². The van der Waals surface area contributed by atoms with E-state index in [9.17, 15) is 9.90 Å². The van der Waals surface area contributed by atoms with Crippen molar-refractivity contribution < 1.29 is 19.4 Å². The average molecular weight is 355 g/mol. The second-order valence-electron chi connectivity index (χ2n) is 6.94. The van der Waals surface area contributed by atoms with Crippen molar-refractivity contribution in [2.45, 2.75) is 25.6 Å². The summed E-state index contributed by atoms with van der Waals surface area (Å²) in [6.07, 6.45) is 0.502. The van der Waals surface area contributed by atoms with E-state index in [2.05, 4.69) is 0 Å². The zero-order valence-electron chi connectivity index (χ0n) is 15.3. The van der Waals surface area contributed by atoms with E-state index in [0.29, 0.717) is 25.1 Å². The lowest BCUT2D eigenvalue weighted by atomic mass is 10.1. The number of likely N-dealkylation sites (tertiary alicyclic amines) is 1. The molecule has 1 aliphatic heterocycles. The lowest BCUT2D eigenvalue weighted by Crippen LogP contribution is -2.40. The SMILES string of the molecule is COCc1cccc(C(=O)N2CC[C@@](O)(COc3cccc(C)c3)C2)c1. The molecule has 2 aromatic carbocycles. The molecule has 0 spiro atoms. The van der Waals surface area contributed by atoms with Gasteiger partial charge in [0.05, 0.1) is 13.2 Å². The molecule has 0 aromatic heterocycles. The molecular formula is C21H25NO4. The molecule has 1 fully saturated rings. The van der Waals surface area contributed by atoms with Gasteiger partial charge in [0, 0.05) is 19.2 Å². The van der Waals surface area contributed by atoms with Crippen LogP contribution in [0.1, 0.15) is 27.9 Å². The first-order valence-electron chi connectivity index (χ1n) is 8.78. The summed E-state index contributed by atoms with van der Waals surface area (Å²) in [6.45, 7) is 3.42. The van der Waals surface area contributed by atoms with Crippen LogP contribution < -0.4 is 4.74 Å². The van der Waals surface area contributed by atoms with Gasteiger partial charge < -0.3 is 19.5 Å². The highest BCUT2D eigenvalue weighted by Crippen LogP contribution is 2.25. The number of hydrogen-bond donors (Lipinski definition) is 1. The zero-order chi connectivity index (χ0) is 18.6. The normalized spacial score (nSPS) is 19.6. The maximum absolute atomic E-state index is 12.7. The van der Waals surface area contributed by atoms with E-state index in [1.54, 1.807) is 18.1 Å². The van der Waals surface area contributed by atoms with Gasteiger partial charge in [-0.25, -0.2) is 0 Å². The Hall–Kier alpha value is -2.37. The van der Waals surface area contributed by atoms with E-state index in [0.717, 1.165) is 16.9 Å². The van der Waals surface area contributed by atoms with Crippen LogP contribution in [-0.2, 0) is 11.3 Å². The molecule has 1 amide bonds. The highest BCUT2D eigenvalue weighted by Gasteiger charge is 2.39. The van der Waals surface area contributed by atoms with Crippen molar-refractivity contribution in [1.29, 1.82) is 0 Å². The number of carbonyl (C=O) groups excluding carboxylic acids is 1. The number of hydrogen-bond acceptors (Lipinski definition) is 4. The molecule has 0 radical (unpaired) electrons. The summed E-state index contributed by atoms with van der Waals surface area (Å²) in [5.41, 5.74) is 1.65. The highest BCUT2D eigenvalue weighted by molar-refractivity contribution is 5.94. The third-order valence-electron chi connectivity index (χ3n) is 4.60. The Morgan fingerprint density at radius 1 is 1.23 bits per heavy atom. The Bertz CT molecular complexity index is 776. The van der Waals surface area contributed by atoms with Crippen LogP contribution in [0.15, 0.2) is 48.5 Å². The van der Waals surface area contributed by atoms with Gasteiger partial charge in [0.15, 0.2) is 0 Å². The number of carbonyl (C=O) groups is 1. The predicted octanol–water partition coefficient (Wildman–Crippen LogP) is 2.80. The molecule has 1 aliphatic rings. The molecule has 2 aromatic rings. The van der Waals surface area contributed by atoms with Crippen molar-refractivity contribution in [2.24, 2.45) is 0 Å². The molecule has 1 N–H and O–H groups in total. The maximum Gasteiger partial charge on any atom is 0.253 e. The van der Waals surface area contributed by atoms with Gasteiger partial charge in [-0.05, 0) is 48.7 Å². The van der Waals surface area contributed by atoms with Crippen molar-refractivity contribution in [3.8, 4) is 5.75 Å². The third kappa shape index (κ3) is 4.42. The molecule has 5 nitrogen and oxygen atoms in total. The average Bonchev–Trinajstić information content (AvgIpc) is 3.03. The molecule has 0 unspecified atom stereocenters. The quantitative estimate of drug-likeness (QED) is 0.866. The number of ether oxygens (including phenoxy) is 2. The van der Waals surface area contributed by atoms with E-state index < -0.39 is 5.60 Å². The molecular weight excluding hydrogens is 330 g/mol. The van der Waals surface area contributed by atoms with Gasteiger partial charge >= 0.3 is 0 Å². The minimum atomic E-state index is -1.02. The zero-order valence-corrected chi connectivity index (χ0v) is 15.3. The Morgan fingerprint density at radius 2 is 2.04 bits per heavy atom. The molecule has 0 aliphatic carbocycles. The summed E-state index contributed by atoms with van der Waals surface area (Å²) >= 11 is 0. The van der Waals surface area contributed by atoms with Crippen molar-refractivity contribution in [3.05, 3.63) is 65.2 Å². The molecule has 0 saturated carbocycles. The van der Waals surface area contributed by atoms with E-state index in [-0.39, 0.29) is 19.1 Å². The Kier molecular flexibility index (Phi) is 5.59.